The van der Waals surface area contributed by atoms with E-state index >= 15 is 0 Å². The molecule has 0 amide bonds. The number of hydrogen-bond donors (Lipinski definition) is 0. The molecule has 0 N–H and O–H groups in total. The molecule has 0 saturated carbocycles. The van der Waals surface area contributed by atoms with Gasteiger partial charge in [0.1, 0.15) is 0 Å². The molecule has 0 unspecified atom stereocenters. The van der Waals surface area contributed by atoms with Gasteiger partial charge < -0.3 is 9.64 Å². The third-order valence-corrected chi connectivity index (χ3v) is 4.97. The predicted molar refractivity (Wildman–Crippen MR) is 78.8 cm³/mol. The minimum Gasteiger partial charge on any atom is -0.381 e. The normalized spacial score (nSPS) is 20.9. The second-order valence-corrected chi connectivity index (χ2v) is 6.76. The lowest BCUT2D eigenvalue weighted by molar-refractivity contribution is -0.132. The summed E-state index contributed by atoms with van der Waals surface area (Å²) < 4.78 is 44.0. The van der Waals surface area contributed by atoms with Crippen molar-refractivity contribution in [3.8, 4) is 0 Å². The Morgan fingerprint density at radius 3 is 2.62 bits per heavy atom. The first-order chi connectivity index (χ1) is 9.90. The van der Waals surface area contributed by atoms with Crippen LogP contribution in [0.5, 0.6) is 0 Å². The number of rotatable bonds is 2. The summed E-state index contributed by atoms with van der Waals surface area (Å²) in [6.07, 6.45) is -3.13. The molecule has 1 aromatic carbocycles. The molecule has 0 aromatic heterocycles. The van der Waals surface area contributed by atoms with Crippen LogP contribution in [-0.2, 0) is 10.2 Å². The summed E-state index contributed by atoms with van der Waals surface area (Å²) in [5, 5.41) is 0. The van der Waals surface area contributed by atoms with Crippen molar-refractivity contribution < 1.29 is 17.9 Å². The molecular weight excluding hydrogens is 347 g/mol. The summed E-state index contributed by atoms with van der Waals surface area (Å²) in [7, 11) is 0. The van der Waals surface area contributed by atoms with Gasteiger partial charge in [0.05, 0.1) is 6.42 Å². The molecule has 21 heavy (non-hydrogen) atoms. The third kappa shape index (κ3) is 3.06. The Bertz CT molecular complexity index is 526. The molecule has 116 valence electrons. The molecule has 0 bridgehead atoms. The molecule has 2 heterocycles. The molecule has 0 aliphatic carbocycles. The first kappa shape index (κ1) is 15.2. The van der Waals surface area contributed by atoms with Gasteiger partial charge in [-0.15, -0.1) is 0 Å². The lowest BCUT2D eigenvalue weighted by atomic mass is 9.76. The number of nitrogens with zero attached hydrogens (tertiary/aromatic N) is 1. The molecule has 6 heteroatoms. The van der Waals surface area contributed by atoms with Crippen molar-refractivity contribution in [3.05, 3.63) is 28.2 Å². The first-order valence-corrected chi connectivity index (χ1v) is 7.88. The number of hydrogen-bond acceptors (Lipinski definition) is 2. The van der Waals surface area contributed by atoms with Crippen LogP contribution in [0.25, 0.3) is 0 Å². The first-order valence-electron chi connectivity index (χ1n) is 7.09. The highest BCUT2D eigenvalue weighted by atomic mass is 79.9. The van der Waals surface area contributed by atoms with Crippen molar-refractivity contribution in [1.82, 2.24) is 0 Å². The summed E-state index contributed by atoms with van der Waals surface area (Å²) in [4.78, 5) is 1.89. The van der Waals surface area contributed by atoms with E-state index < -0.39 is 12.6 Å². The summed E-state index contributed by atoms with van der Waals surface area (Å²) in [6, 6.07) is 5.97. The molecule has 1 aromatic rings. The maximum Gasteiger partial charge on any atom is 0.390 e. The van der Waals surface area contributed by atoms with Crippen molar-refractivity contribution in [2.75, 3.05) is 31.2 Å². The zero-order valence-electron chi connectivity index (χ0n) is 11.5. The molecule has 2 nitrogen and oxygen atoms in total. The minimum atomic E-state index is -4.11. The number of fused-ring (bicyclic) bond motifs is 2. The summed E-state index contributed by atoms with van der Waals surface area (Å²) >= 11 is 3.42. The topological polar surface area (TPSA) is 12.5 Å². The lowest BCUT2D eigenvalue weighted by Gasteiger charge is -2.34. The predicted octanol–water partition coefficient (Wildman–Crippen LogP) is 4.27. The van der Waals surface area contributed by atoms with E-state index in [-0.39, 0.29) is 12.0 Å². The van der Waals surface area contributed by atoms with Gasteiger partial charge in [-0.25, -0.2) is 0 Å². The van der Waals surface area contributed by atoms with Crippen LogP contribution in [0.4, 0.5) is 18.9 Å². The van der Waals surface area contributed by atoms with Gasteiger partial charge in [-0.05, 0) is 30.5 Å². The Morgan fingerprint density at radius 2 is 1.95 bits per heavy atom. The van der Waals surface area contributed by atoms with E-state index in [0.29, 0.717) is 19.8 Å². The van der Waals surface area contributed by atoms with Crippen molar-refractivity contribution >= 4 is 21.6 Å². The highest BCUT2D eigenvalue weighted by Crippen LogP contribution is 2.47. The van der Waals surface area contributed by atoms with Gasteiger partial charge in [-0.1, -0.05) is 22.0 Å². The molecule has 2 aliphatic rings. The van der Waals surface area contributed by atoms with E-state index in [9.17, 15) is 13.2 Å². The SMILES string of the molecule is FC(F)(F)CCN1CC2(CCOCC2)c2ccc(Br)cc21. The average Bonchev–Trinajstić information content (AvgIpc) is 2.70. The minimum absolute atomic E-state index is 0.0234. The standard InChI is InChI=1S/C15H17BrF3NO/c16-11-1-2-12-13(9-11)20(6-3-15(17,18)19)10-14(12)4-7-21-8-5-14/h1-2,9H,3-8,10H2. The maximum atomic E-state index is 12.5. The lowest BCUT2D eigenvalue weighted by Crippen LogP contribution is -2.39. The van der Waals surface area contributed by atoms with Gasteiger partial charge in [0.15, 0.2) is 0 Å². The van der Waals surface area contributed by atoms with Gasteiger partial charge >= 0.3 is 6.18 Å². The number of benzene rings is 1. The Balaban J connectivity index is 1.89. The van der Waals surface area contributed by atoms with Crippen LogP contribution in [0.1, 0.15) is 24.8 Å². The fraction of sp³-hybridized carbons (Fsp3) is 0.600. The van der Waals surface area contributed by atoms with E-state index in [1.54, 1.807) is 0 Å². The van der Waals surface area contributed by atoms with Gasteiger partial charge in [-0.3, -0.25) is 0 Å². The Kier molecular flexibility index (Phi) is 3.94. The highest BCUT2D eigenvalue weighted by Gasteiger charge is 2.44. The van der Waals surface area contributed by atoms with Gasteiger partial charge in [0.2, 0.25) is 0 Å². The molecule has 3 rings (SSSR count). The van der Waals surface area contributed by atoms with E-state index in [2.05, 4.69) is 22.0 Å². The zero-order chi connectivity index (χ0) is 15.1. The molecule has 2 aliphatic heterocycles. The van der Waals surface area contributed by atoms with Crippen LogP contribution in [0.15, 0.2) is 22.7 Å². The monoisotopic (exact) mass is 363 g/mol. The van der Waals surface area contributed by atoms with Crippen LogP contribution in [-0.4, -0.2) is 32.5 Å². The Morgan fingerprint density at radius 1 is 1.24 bits per heavy atom. The molecular formula is C15H17BrF3NO. The van der Waals surface area contributed by atoms with Crippen LogP contribution in [0, 0.1) is 0 Å². The fourth-order valence-electron chi connectivity index (χ4n) is 3.40. The van der Waals surface area contributed by atoms with E-state index in [1.165, 1.54) is 5.56 Å². The molecule has 1 fully saturated rings. The second-order valence-electron chi connectivity index (χ2n) is 5.84. The summed E-state index contributed by atoms with van der Waals surface area (Å²) in [5.74, 6) is 0. The van der Waals surface area contributed by atoms with Crippen molar-refractivity contribution in [2.24, 2.45) is 0 Å². The van der Waals surface area contributed by atoms with Crippen molar-refractivity contribution in [3.63, 3.8) is 0 Å². The third-order valence-electron chi connectivity index (χ3n) is 4.48. The maximum absolute atomic E-state index is 12.5. The van der Waals surface area contributed by atoms with E-state index in [4.69, 9.17) is 4.74 Å². The van der Waals surface area contributed by atoms with Gasteiger partial charge in [-0.2, -0.15) is 13.2 Å². The molecule has 1 spiro atoms. The average molecular weight is 364 g/mol. The summed E-state index contributed by atoms with van der Waals surface area (Å²) in [5.41, 5.74) is 2.08. The van der Waals surface area contributed by atoms with Crippen LogP contribution in [0.2, 0.25) is 0 Å². The van der Waals surface area contributed by atoms with Crippen molar-refractivity contribution in [1.29, 1.82) is 0 Å². The smallest absolute Gasteiger partial charge is 0.381 e. The molecule has 1 saturated heterocycles. The quantitative estimate of drug-likeness (QED) is 0.777. The number of halogens is 4. The van der Waals surface area contributed by atoms with Gasteiger partial charge in [0.25, 0.3) is 0 Å². The molecule has 0 radical (unpaired) electrons. The molecule has 0 atom stereocenters. The van der Waals surface area contributed by atoms with Crippen LogP contribution < -0.4 is 4.90 Å². The van der Waals surface area contributed by atoms with E-state index in [0.717, 1.165) is 23.0 Å². The number of anilines is 1. The largest absolute Gasteiger partial charge is 0.390 e. The Labute approximate surface area is 130 Å². The zero-order valence-corrected chi connectivity index (χ0v) is 13.1. The fourth-order valence-corrected chi connectivity index (χ4v) is 3.75. The van der Waals surface area contributed by atoms with Crippen LogP contribution in [0.3, 0.4) is 0 Å². The van der Waals surface area contributed by atoms with E-state index in [1.807, 2.05) is 17.0 Å². The van der Waals surface area contributed by atoms with Crippen LogP contribution >= 0.6 is 15.9 Å². The highest BCUT2D eigenvalue weighted by molar-refractivity contribution is 9.10. The Hall–Kier alpha value is -0.750. The van der Waals surface area contributed by atoms with Crippen molar-refractivity contribution in [2.45, 2.75) is 30.9 Å². The summed E-state index contributed by atoms with van der Waals surface area (Å²) in [6.45, 7) is 2.05. The second kappa shape index (κ2) is 5.47. The van der Waals surface area contributed by atoms with Gasteiger partial charge in [0, 0.05) is 41.9 Å². The number of ether oxygens (including phenoxy) is 1. The number of alkyl halides is 3.